The largest absolute Gasteiger partial charge is 0.311 e. The molecule has 66 valence electrons. The third kappa shape index (κ3) is 8.34. The van der Waals surface area contributed by atoms with E-state index >= 15 is 0 Å². The minimum absolute atomic E-state index is 0.395. The Morgan fingerprint density at radius 1 is 1.45 bits per heavy atom. The van der Waals surface area contributed by atoms with E-state index in [0.29, 0.717) is 5.41 Å². The fourth-order valence-electron chi connectivity index (χ4n) is 0.625. The van der Waals surface area contributed by atoms with Crippen LogP contribution in [-0.2, 0) is 3.07 Å². The quantitative estimate of drug-likeness (QED) is 0.559. The van der Waals surface area contributed by atoms with Crippen LogP contribution >= 0.6 is 23.0 Å². The molecule has 0 aromatic heterocycles. The van der Waals surface area contributed by atoms with Gasteiger partial charge in [-0.1, -0.05) is 32.4 Å². The van der Waals surface area contributed by atoms with Crippen LogP contribution in [0.3, 0.4) is 0 Å². The molecule has 0 aliphatic heterocycles. The highest BCUT2D eigenvalue weighted by atomic mass is 127. The zero-order valence-corrected chi connectivity index (χ0v) is 9.94. The Labute approximate surface area is 83.9 Å². The summed E-state index contributed by atoms with van der Waals surface area (Å²) in [7, 11) is 0. The minimum atomic E-state index is 0.395. The fraction of sp³-hybridized carbons (Fsp3) is 0.778. The summed E-state index contributed by atoms with van der Waals surface area (Å²) in [4.78, 5) is 0. The normalized spacial score (nSPS) is 13.7. The van der Waals surface area contributed by atoms with Crippen LogP contribution in [0.4, 0.5) is 0 Å². The summed E-state index contributed by atoms with van der Waals surface area (Å²) in [5.41, 5.74) is 1.71. The first-order chi connectivity index (χ1) is 4.95. The van der Waals surface area contributed by atoms with Crippen LogP contribution in [0.2, 0.25) is 0 Å². The van der Waals surface area contributed by atoms with Crippen LogP contribution < -0.4 is 0 Å². The second kappa shape index (κ2) is 5.14. The van der Waals surface area contributed by atoms with E-state index in [2.05, 4.69) is 33.8 Å². The van der Waals surface area contributed by atoms with Crippen molar-refractivity contribution in [2.45, 2.75) is 34.1 Å². The Bertz CT molecular complexity index is 133. The van der Waals surface area contributed by atoms with Crippen LogP contribution in [0.1, 0.15) is 34.1 Å². The Kier molecular flexibility index (Phi) is 5.34. The molecular weight excluding hydrogens is 251 g/mol. The lowest BCUT2D eigenvalue weighted by Crippen LogP contribution is -2.02. The smallest absolute Gasteiger partial charge is 0.110 e. The maximum atomic E-state index is 4.97. The molecule has 0 saturated heterocycles. The van der Waals surface area contributed by atoms with Gasteiger partial charge in [-0.3, -0.25) is 0 Å². The molecule has 1 nitrogen and oxygen atoms in total. The van der Waals surface area contributed by atoms with Crippen molar-refractivity contribution < 1.29 is 3.07 Å². The van der Waals surface area contributed by atoms with E-state index in [-0.39, 0.29) is 0 Å². The third-order valence-corrected chi connectivity index (χ3v) is 1.66. The van der Waals surface area contributed by atoms with Gasteiger partial charge in [0.2, 0.25) is 0 Å². The van der Waals surface area contributed by atoms with Gasteiger partial charge in [0, 0.05) is 0 Å². The molecule has 0 aromatic carbocycles. The lowest BCUT2D eigenvalue weighted by atomic mass is 9.91. The number of rotatable bonds is 3. The van der Waals surface area contributed by atoms with Crippen molar-refractivity contribution in [3.05, 3.63) is 11.6 Å². The summed E-state index contributed by atoms with van der Waals surface area (Å²) >= 11 is 1.92. The molecule has 0 rings (SSSR count). The molecule has 0 spiro atoms. The number of halogens is 1. The molecular formula is C9H17IO. The molecule has 0 unspecified atom stereocenters. The molecule has 0 amide bonds. The van der Waals surface area contributed by atoms with Gasteiger partial charge in [0.1, 0.15) is 23.0 Å². The molecule has 0 saturated carbocycles. The molecule has 0 aliphatic carbocycles. The highest BCUT2D eigenvalue weighted by molar-refractivity contribution is 14.1. The first-order valence-electron chi connectivity index (χ1n) is 3.85. The lowest BCUT2D eigenvalue weighted by molar-refractivity contribution is 0.415. The maximum absolute atomic E-state index is 4.97. The van der Waals surface area contributed by atoms with Crippen LogP contribution in [0, 0.1) is 5.41 Å². The Morgan fingerprint density at radius 3 is 2.36 bits per heavy atom. The maximum Gasteiger partial charge on any atom is 0.110 e. The van der Waals surface area contributed by atoms with E-state index in [1.807, 2.05) is 23.0 Å². The molecule has 0 atom stereocenters. The summed E-state index contributed by atoms with van der Waals surface area (Å²) in [6.07, 6.45) is 3.37. The van der Waals surface area contributed by atoms with E-state index < -0.39 is 0 Å². The van der Waals surface area contributed by atoms with Crippen molar-refractivity contribution in [1.29, 1.82) is 0 Å². The molecule has 0 bridgehead atoms. The van der Waals surface area contributed by atoms with Gasteiger partial charge in [-0.05, 0) is 18.8 Å². The molecule has 0 heterocycles. The van der Waals surface area contributed by atoms with Crippen LogP contribution in [0.15, 0.2) is 11.6 Å². The second-order valence-corrected chi connectivity index (χ2v) is 4.69. The van der Waals surface area contributed by atoms with Crippen LogP contribution in [0.5, 0.6) is 0 Å². The van der Waals surface area contributed by atoms with Gasteiger partial charge in [0.05, 0.1) is 6.61 Å². The van der Waals surface area contributed by atoms with Crippen LogP contribution in [-0.4, -0.2) is 6.61 Å². The van der Waals surface area contributed by atoms with Gasteiger partial charge in [0.25, 0.3) is 0 Å². The van der Waals surface area contributed by atoms with Gasteiger partial charge in [-0.2, -0.15) is 0 Å². The summed E-state index contributed by atoms with van der Waals surface area (Å²) < 4.78 is 4.97. The Hall–Kier alpha value is 0.430. The van der Waals surface area contributed by atoms with Gasteiger partial charge in [-0.25, -0.2) is 0 Å². The lowest BCUT2D eigenvalue weighted by Gasteiger charge is -2.15. The van der Waals surface area contributed by atoms with E-state index in [1.165, 1.54) is 5.57 Å². The third-order valence-electron chi connectivity index (χ3n) is 1.35. The molecule has 0 N–H and O–H groups in total. The van der Waals surface area contributed by atoms with Crippen molar-refractivity contribution in [2.24, 2.45) is 5.41 Å². The topological polar surface area (TPSA) is 9.23 Å². The predicted molar refractivity (Wildman–Crippen MR) is 57.8 cm³/mol. The van der Waals surface area contributed by atoms with Crippen molar-refractivity contribution >= 4 is 23.0 Å². The van der Waals surface area contributed by atoms with E-state index in [9.17, 15) is 0 Å². The highest BCUT2D eigenvalue weighted by Gasteiger charge is 2.06. The summed E-state index contributed by atoms with van der Waals surface area (Å²) in [5, 5.41) is 0. The van der Waals surface area contributed by atoms with Crippen molar-refractivity contribution in [3.63, 3.8) is 0 Å². The molecule has 11 heavy (non-hydrogen) atoms. The Balaban J connectivity index is 3.73. The molecule has 0 radical (unpaired) electrons. The second-order valence-electron chi connectivity index (χ2n) is 4.07. The average Bonchev–Trinajstić information content (AvgIpc) is 1.83. The monoisotopic (exact) mass is 268 g/mol. The molecule has 0 aromatic rings. The van der Waals surface area contributed by atoms with Gasteiger partial charge >= 0.3 is 0 Å². The predicted octanol–water partition coefficient (Wildman–Crippen LogP) is 3.74. The van der Waals surface area contributed by atoms with E-state index in [4.69, 9.17) is 3.07 Å². The molecule has 0 fully saturated rings. The molecule has 0 aliphatic rings. The standard InChI is InChI=1S/C9H17IO/c1-8(7-11-10)5-6-9(2,3)4/h5H,6-7H2,1-4H3/b8-5+. The van der Waals surface area contributed by atoms with Gasteiger partial charge in [0.15, 0.2) is 0 Å². The van der Waals surface area contributed by atoms with Gasteiger partial charge < -0.3 is 3.07 Å². The van der Waals surface area contributed by atoms with E-state index in [0.717, 1.165) is 13.0 Å². The zero-order valence-electron chi connectivity index (χ0n) is 7.78. The summed E-state index contributed by atoms with van der Waals surface area (Å²) in [6, 6.07) is 0. The van der Waals surface area contributed by atoms with Crippen molar-refractivity contribution in [2.75, 3.05) is 6.61 Å². The first-order valence-corrected chi connectivity index (χ1v) is 4.73. The summed E-state index contributed by atoms with van der Waals surface area (Å²) in [5.74, 6) is 0. The number of hydrogen-bond donors (Lipinski definition) is 0. The minimum Gasteiger partial charge on any atom is -0.311 e. The average molecular weight is 268 g/mol. The van der Waals surface area contributed by atoms with Gasteiger partial charge in [-0.15, -0.1) is 0 Å². The number of allylic oxidation sites excluding steroid dienone is 1. The van der Waals surface area contributed by atoms with Crippen molar-refractivity contribution in [3.8, 4) is 0 Å². The number of hydrogen-bond acceptors (Lipinski definition) is 1. The van der Waals surface area contributed by atoms with Crippen LogP contribution in [0.25, 0.3) is 0 Å². The molecule has 2 heteroatoms. The summed E-state index contributed by atoms with van der Waals surface area (Å²) in [6.45, 7) is 9.56. The Morgan fingerprint density at radius 2 is 2.00 bits per heavy atom. The SMILES string of the molecule is C/C(=C\CC(C)(C)C)COI. The highest BCUT2D eigenvalue weighted by Crippen LogP contribution is 2.19. The zero-order chi connectivity index (χ0) is 8.91. The van der Waals surface area contributed by atoms with E-state index in [1.54, 1.807) is 0 Å². The fourth-order valence-corrected chi connectivity index (χ4v) is 1.12. The first kappa shape index (κ1) is 11.4. The van der Waals surface area contributed by atoms with Crippen molar-refractivity contribution in [1.82, 2.24) is 0 Å².